The van der Waals surface area contributed by atoms with E-state index in [-0.39, 0.29) is 18.2 Å². The molecule has 2 rings (SSSR count). The Morgan fingerprint density at radius 1 is 1.23 bits per heavy atom. The Morgan fingerprint density at radius 2 is 1.95 bits per heavy atom. The summed E-state index contributed by atoms with van der Waals surface area (Å²) in [6.07, 6.45) is -3.50. The van der Waals surface area contributed by atoms with E-state index in [2.05, 4.69) is 9.97 Å². The molecule has 0 unspecified atom stereocenters. The number of rotatable bonds is 4. The summed E-state index contributed by atoms with van der Waals surface area (Å²) in [6, 6.07) is 5.12. The van der Waals surface area contributed by atoms with Crippen molar-refractivity contribution in [2.75, 3.05) is 19.1 Å². The molecule has 1 heterocycles. The van der Waals surface area contributed by atoms with Crippen molar-refractivity contribution in [2.24, 2.45) is 0 Å². The number of hydrogen-bond donors (Lipinski definition) is 0. The first-order valence-corrected chi connectivity index (χ1v) is 6.25. The maximum atomic E-state index is 13.6. The van der Waals surface area contributed by atoms with Crippen LogP contribution in [0.5, 0.6) is 5.75 Å². The van der Waals surface area contributed by atoms with Gasteiger partial charge in [-0.05, 0) is 23.8 Å². The highest BCUT2D eigenvalue weighted by molar-refractivity contribution is 5.35. The topological polar surface area (TPSA) is 38.2 Å². The second-order valence-electron chi connectivity index (χ2n) is 4.56. The summed E-state index contributed by atoms with van der Waals surface area (Å²) >= 11 is 0. The van der Waals surface area contributed by atoms with Crippen LogP contribution in [0.2, 0.25) is 0 Å². The van der Waals surface area contributed by atoms with Crippen molar-refractivity contribution in [1.29, 1.82) is 0 Å². The van der Waals surface area contributed by atoms with Gasteiger partial charge in [-0.2, -0.15) is 13.2 Å². The summed E-state index contributed by atoms with van der Waals surface area (Å²) in [5.41, 5.74) is -0.466. The minimum Gasteiger partial charge on any atom is -0.494 e. The monoisotopic (exact) mass is 315 g/mol. The minimum atomic E-state index is -4.54. The highest BCUT2D eigenvalue weighted by Gasteiger charge is 2.33. The van der Waals surface area contributed by atoms with Gasteiger partial charge in [-0.1, -0.05) is 6.07 Å². The molecular weight excluding hydrogens is 302 g/mol. The van der Waals surface area contributed by atoms with Crippen molar-refractivity contribution in [2.45, 2.75) is 12.7 Å². The minimum absolute atomic E-state index is 0.0916. The van der Waals surface area contributed by atoms with Crippen molar-refractivity contribution in [3.05, 3.63) is 47.5 Å². The predicted octanol–water partition coefficient (Wildman–Crippen LogP) is 3.28. The molecule has 0 saturated heterocycles. The van der Waals surface area contributed by atoms with Crippen LogP contribution >= 0.6 is 0 Å². The Kier molecular flexibility index (Phi) is 4.48. The van der Waals surface area contributed by atoms with Crippen molar-refractivity contribution >= 4 is 5.95 Å². The Balaban J connectivity index is 2.19. The Morgan fingerprint density at radius 3 is 2.55 bits per heavy atom. The van der Waals surface area contributed by atoms with Crippen molar-refractivity contribution in [1.82, 2.24) is 9.97 Å². The molecule has 8 heteroatoms. The van der Waals surface area contributed by atoms with Gasteiger partial charge >= 0.3 is 6.18 Å². The number of ether oxygens (including phenoxy) is 1. The molecular formula is C14H13F4N3O. The largest absolute Gasteiger partial charge is 0.494 e. The van der Waals surface area contributed by atoms with Gasteiger partial charge in [0.15, 0.2) is 11.6 Å². The lowest BCUT2D eigenvalue weighted by molar-refractivity contribution is -0.141. The molecule has 1 aromatic carbocycles. The highest BCUT2D eigenvalue weighted by Crippen LogP contribution is 2.28. The quantitative estimate of drug-likeness (QED) is 0.812. The van der Waals surface area contributed by atoms with E-state index in [1.54, 1.807) is 6.07 Å². The average molecular weight is 315 g/mol. The molecule has 0 N–H and O–H groups in total. The van der Waals surface area contributed by atoms with E-state index in [1.807, 2.05) is 0 Å². The zero-order valence-corrected chi connectivity index (χ0v) is 11.9. The molecule has 1 aromatic heterocycles. The first kappa shape index (κ1) is 16.0. The van der Waals surface area contributed by atoms with Crippen LogP contribution in [0.4, 0.5) is 23.5 Å². The van der Waals surface area contributed by atoms with Crippen LogP contribution in [0.25, 0.3) is 0 Å². The normalized spacial score (nSPS) is 11.4. The smallest absolute Gasteiger partial charge is 0.433 e. The number of methoxy groups -OCH3 is 1. The summed E-state index contributed by atoms with van der Waals surface area (Å²) in [4.78, 5) is 8.67. The number of halogens is 4. The predicted molar refractivity (Wildman–Crippen MR) is 72.1 cm³/mol. The molecule has 0 saturated carbocycles. The molecule has 22 heavy (non-hydrogen) atoms. The fraction of sp³-hybridized carbons (Fsp3) is 0.286. The zero-order valence-electron chi connectivity index (χ0n) is 11.9. The van der Waals surface area contributed by atoms with Crippen LogP contribution < -0.4 is 9.64 Å². The number of alkyl halides is 3. The molecule has 4 nitrogen and oxygen atoms in total. The van der Waals surface area contributed by atoms with Gasteiger partial charge in [-0.25, -0.2) is 14.4 Å². The van der Waals surface area contributed by atoms with Crippen LogP contribution in [-0.2, 0) is 12.7 Å². The van der Waals surface area contributed by atoms with Gasteiger partial charge < -0.3 is 9.64 Å². The standard InChI is InChI=1S/C14H13F4N3O/c1-21(8-9-3-4-11(22-2)10(15)7-9)13-19-6-5-12(20-13)14(16,17)18/h3-7H,8H2,1-2H3. The lowest BCUT2D eigenvalue weighted by atomic mass is 10.2. The van der Waals surface area contributed by atoms with Gasteiger partial charge in [0, 0.05) is 19.8 Å². The van der Waals surface area contributed by atoms with Gasteiger partial charge in [0.2, 0.25) is 5.95 Å². The first-order valence-electron chi connectivity index (χ1n) is 6.25. The molecule has 0 radical (unpaired) electrons. The van der Waals surface area contributed by atoms with Crippen molar-refractivity contribution in [3.8, 4) is 5.75 Å². The van der Waals surface area contributed by atoms with Crippen LogP contribution in [-0.4, -0.2) is 24.1 Å². The molecule has 0 bridgehead atoms. The number of anilines is 1. The number of hydrogen-bond acceptors (Lipinski definition) is 4. The maximum absolute atomic E-state index is 13.6. The lowest BCUT2D eigenvalue weighted by Crippen LogP contribution is -2.21. The van der Waals surface area contributed by atoms with E-state index in [0.29, 0.717) is 5.56 Å². The second kappa shape index (κ2) is 6.17. The van der Waals surface area contributed by atoms with E-state index < -0.39 is 17.7 Å². The van der Waals surface area contributed by atoms with E-state index in [0.717, 1.165) is 12.3 Å². The number of benzene rings is 1. The summed E-state index contributed by atoms with van der Waals surface area (Å²) in [6.45, 7) is 0.155. The highest BCUT2D eigenvalue weighted by atomic mass is 19.4. The maximum Gasteiger partial charge on any atom is 0.433 e. The van der Waals surface area contributed by atoms with E-state index in [9.17, 15) is 17.6 Å². The molecule has 0 aliphatic carbocycles. The van der Waals surface area contributed by atoms with E-state index >= 15 is 0 Å². The average Bonchev–Trinajstić information content (AvgIpc) is 2.46. The van der Waals surface area contributed by atoms with Crippen molar-refractivity contribution < 1.29 is 22.3 Å². The summed E-state index contributed by atoms with van der Waals surface area (Å²) < 4.78 is 56.3. The fourth-order valence-corrected chi connectivity index (χ4v) is 1.84. The van der Waals surface area contributed by atoms with Crippen LogP contribution in [0.1, 0.15) is 11.3 Å². The summed E-state index contributed by atoms with van der Waals surface area (Å²) in [7, 11) is 2.87. The second-order valence-corrected chi connectivity index (χ2v) is 4.56. The van der Waals surface area contributed by atoms with Crippen LogP contribution in [0.3, 0.4) is 0 Å². The van der Waals surface area contributed by atoms with Crippen LogP contribution in [0.15, 0.2) is 30.5 Å². The van der Waals surface area contributed by atoms with Gasteiger partial charge in [-0.3, -0.25) is 0 Å². The lowest BCUT2D eigenvalue weighted by Gasteiger charge is -2.18. The Bertz CT molecular complexity index is 661. The van der Waals surface area contributed by atoms with Gasteiger partial charge in [-0.15, -0.1) is 0 Å². The molecule has 0 amide bonds. The fourth-order valence-electron chi connectivity index (χ4n) is 1.84. The third-order valence-corrected chi connectivity index (χ3v) is 2.91. The van der Waals surface area contributed by atoms with Gasteiger partial charge in [0.1, 0.15) is 5.69 Å². The Hall–Kier alpha value is -2.38. The first-order chi connectivity index (χ1) is 10.3. The molecule has 0 atom stereocenters. The van der Waals surface area contributed by atoms with E-state index in [4.69, 9.17) is 4.74 Å². The number of nitrogens with zero attached hydrogens (tertiary/aromatic N) is 3. The third kappa shape index (κ3) is 3.63. The van der Waals surface area contributed by atoms with E-state index in [1.165, 1.54) is 31.2 Å². The summed E-state index contributed by atoms with van der Waals surface area (Å²) in [5, 5.41) is 0. The third-order valence-electron chi connectivity index (χ3n) is 2.91. The SMILES string of the molecule is COc1ccc(CN(C)c2nccc(C(F)(F)F)n2)cc1F. The van der Waals surface area contributed by atoms with Crippen LogP contribution in [0, 0.1) is 5.82 Å². The molecule has 0 aliphatic rings. The molecule has 0 spiro atoms. The Labute approximate surface area is 124 Å². The molecule has 2 aromatic rings. The van der Waals surface area contributed by atoms with Gasteiger partial charge in [0.05, 0.1) is 7.11 Å². The number of aromatic nitrogens is 2. The van der Waals surface area contributed by atoms with Gasteiger partial charge in [0.25, 0.3) is 0 Å². The molecule has 118 valence electrons. The van der Waals surface area contributed by atoms with Crippen molar-refractivity contribution in [3.63, 3.8) is 0 Å². The zero-order chi connectivity index (χ0) is 16.3. The molecule has 0 fully saturated rings. The molecule has 0 aliphatic heterocycles. The summed E-state index contributed by atoms with van der Waals surface area (Å²) in [5.74, 6) is -0.536.